The van der Waals surface area contributed by atoms with E-state index in [1.807, 2.05) is 31.2 Å². The van der Waals surface area contributed by atoms with Crippen LogP contribution in [0.3, 0.4) is 0 Å². The highest BCUT2D eigenvalue weighted by Gasteiger charge is 2.18. The van der Waals surface area contributed by atoms with Gasteiger partial charge in [-0.15, -0.1) is 0 Å². The minimum Gasteiger partial charge on any atom is -0.496 e. The summed E-state index contributed by atoms with van der Waals surface area (Å²) in [5.74, 6) is 1.18. The molecule has 1 heterocycles. The Balaban J connectivity index is 2.27. The maximum Gasteiger partial charge on any atom is 0.490 e. The number of nitrogens with two attached hydrogens (primary N) is 1. The second-order valence-corrected chi connectivity index (χ2v) is 4.53. The summed E-state index contributed by atoms with van der Waals surface area (Å²) in [6, 6.07) is 8.93. The molecule has 0 aliphatic carbocycles. The molecule has 0 aliphatic rings. The van der Waals surface area contributed by atoms with E-state index >= 15 is 0 Å². The first-order valence-corrected chi connectivity index (χ1v) is 6.44. The van der Waals surface area contributed by atoms with E-state index < -0.39 is 7.12 Å². The quantitative estimate of drug-likeness (QED) is 0.693. The van der Waals surface area contributed by atoms with Gasteiger partial charge in [-0.05, 0) is 19.1 Å². The number of ether oxygens (including phenoxy) is 2. The molecule has 0 bridgehead atoms. The number of aromatic nitrogens is 1. The van der Waals surface area contributed by atoms with Crippen molar-refractivity contribution < 1.29 is 19.5 Å². The lowest BCUT2D eigenvalue weighted by atomic mass is 9.81. The molecule has 0 amide bonds. The van der Waals surface area contributed by atoms with Crippen molar-refractivity contribution in [2.24, 2.45) is 0 Å². The van der Waals surface area contributed by atoms with Crippen LogP contribution in [0.4, 0.5) is 5.82 Å². The summed E-state index contributed by atoms with van der Waals surface area (Å²) in [5.41, 5.74) is 6.83. The zero-order valence-corrected chi connectivity index (χ0v) is 11.9. The van der Waals surface area contributed by atoms with Gasteiger partial charge in [-0.1, -0.05) is 18.2 Å². The fourth-order valence-corrected chi connectivity index (χ4v) is 1.96. The van der Waals surface area contributed by atoms with Crippen molar-refractivity contribution >= 4 is 18.4 Å². The Hall–Kier alpha value is -2.25. The lowest BCUT2D eigenvalue weighted by Gasteiger charge is -2.18. The topological polar surface area (TPSA) is 97.8 Å². The second kappa shape index (κ2) is 6.47. The van der Waals surface area contributed by atoms with Crippen molar-refractivity contribution in [3.05, 3.63) is 42.1 Å². The van der Waals surface area contributed by atoms with Crippen molar-refractivity contribution in [3.63, 3.8) is 0 Å². The van der Waals surface area contributed by atoms with Crippen LogP contribution >= 0.6 is 0 Å². The van der Waals surface area contributed by atoms with E-state index in [1.54, 1.807) is 7.11 Å². The van der Waals surface area contributed by atoms with Crippen LogP contribution < -0.4 is 20.7 Å². The van der Waals surface area contributed by atoms with E-state index in [9.17, 15) is 10.0 Å². The molecule has 110 valence electrons. The fraction of sp³-hybridized carbons (Fsp3) is 0.214. The van der Waals surface area contributed by atoms with Crippen molar-refractivity contribution in [1.29, 1.82) is 0 Å². The van der Waals surface area contributed by atoms with Crippen molar-refractivity contribution in [2.45, 2.75) is 13.0 Å². The zero-order valence-electron chi connectivity index (χ0n) is 11.9. The molecule has 1 aromatic carbocycles. The van der Waals surface area contributed by atoms with Gasteiger partial charge in [0.15, 0.2) is 11.6 Å². The summed E-state index contributed by atoms with van der Waals surface area (Å²) in [7, 11) is -0.0356. The van der Waals surface area contributed by atoms with Gasteiger partial charge in [0, 0.05) is 17.2 Å². The number of anilines is 1. The van der Waals surface area contributed by atoms with E-state index in [0.717, 1.165) is 5.56 Å². The summed E-state index contributed by atoms with van der Waals surface area (Å²) in [6.45, 7) is 1.85. The van der Waals surface area contributed by atoms with E-state index in [-0.39, 0.29) is 17.4 Å². The fourth-order valence-electron chi connectivity index (χ4n) is 1.96. The molecule has 0 fully saturated rings. The summed E-state index contributed by atoms with van der Waals surface area (Å²) >= 11 is 0. The monoisotopic (exact) mass is 288 g/mol. The van der Waals surface area contributed by atoms with E-state index in [2.05, 4.69) is 4.98 Å². The molecule has 7 heteroatoms. The molecule has 6 nitrogen and oxygen atoms in total. The molecule has 2 rings (SSSR count). The van der Waals surface area contributed by atoms with Gasteiger partial charge in [0.25, 0.3) is 0 Å². The largest absolute Gasteiger partial charge is 0.496 e. The van der Waals surface area contributed by atoms with Crippen LogP contribution in [0.1, 0.15) is 18.6 Å². The molecule has 0 saturated heterocycles. The van der Waals surface area contributed by atoms with Crippen LogP contribution in [0.15, 0.2) is 36.5 Å². The summed E-state index contributed by atoms with van der Waals surface area (Å²) in [5, 5.41) is 18.3. The Morgan fingerprint density at radius 1 is 1.24 bits per heavy atom. The summed E-state index contributed by atoms with van der Waals surface area (Å²) in [6.07, 6.45) is 0.956. The summed E-state index contributed by atoms with van der Waals surface area (Å²) < 4.78 is 11.1. The predicted molar refractivity (Wildman–Crippen MR) is 80.5 cm³/mol. The van der Waals surface area contributed by atoms with Gasteiger partial charge in [-0.2, -0.15) is 0 Å². The van der Waals surface area contributed by atoms with E-state index in [1.165, 1.54) is 12.3 Å². The first kappa shape index (κ1) is 15.1. The van der Waals surface area contributed by atoms with Crippen LogP contribution in [-0.4, -0.2) is 29.3 Å². The third kappa shape index (κ3) is 3.45. The third-order valence-electron chi connectivity index (χ3n) is 3.08. The SMILES string of the molecule is COc1ccccc1C(C)Oc1cc(B(O)O)cnc1N. The molecule has 0 aliphatic heterocycles. The molecule has 0 spiro atoms. The van der Waals surface area contributed by atoms with Gasteiger partial charge in [0.2, 0.25) is 0 Å². The zero-order chi connectivity index (χ0) is 15.4. The molecule has 1 aromatic heterocycles. The smallest absolute Gasteiger partial charge is 0.490 e. The Labute approximate surface area is 123 Å². The number of benzene rings is 1. The number of methoxy groups -OCH3 is 1. The number of hydrogen-bond acceptors (Lipinski definition) is 6. The first-order valence-electron chi connectivity index (χ1n) is 6.44. The Bertz CT molecular complexity index is 622. The van der Waals surface area contributed by atoms with Crippen LogP contribution in [0.5, 0.6) is 11.5 Å². The Kier molecular flexibility index (Phi) is 4.67. The highest BCUT2D eigenvalue weighted by Crippen LogP contribution is 2.30. The highest BCUT2D eigenvalue weighted by molar-refractivity contribution is 6.58. The van der Waals surface area contributed by atoms with Crippen LogP contribution in [-0.2, 0) is 0 Å². The van der Waals surface area contributed by atoms with Crippen LogP contribution in [0.2, 0.25) is 0 Å². The van der Waals surface area contributed by atoms with Crippen LogP contribution in [0, 0.1) is 0 Å². The lowest BCUT2D eigenvalue weighted by molar-refractivity contribution is 0.222. The average Bonchev–Trinajstić information content (AvgIpc) is 2.49. The van der Waals surface area contributed by atoms with Crippen LogP contribution in [0.25, 0.3) is 0 Å². The average molecular weight is 288 g/mol. The maximum atomic E-state index is 9.17. The van der Waals surface area contributed by atoms with Gasteiger partial charge in [-0.3, -0.25) is 0 Å². The number of hydrogen-bond donors (Lipinski definition) is 3. The number of rotatable bonds is 5. The van der Waals surface area contributed by atoms with Gasteiger partial charge < -0.3 is 25.3 Å². The molecule has 1 unspecified atom stereocenters. The normalized spacial score (nSPS) is 11.8. The van der Waals surface area contributed by atoms with Gasteiger partial charge in [-0.25, -0.2) is 4.98 Å². The molecule has 1 atom stereocenters. The number of nitrogen functional groups attached to an aromatic ring is 1. The van der Waals surface area contributed by atoms with E-state index in [0.29, 0.717) is 11.5 Å². The molecule has 21 heavy (non-hydrogen) atoms. The first-order chi connectivity index (χ1) is 10.0. The summed E-state index contributed by atoms with van der Waals surface area (Å²) in [4.78, 5) is 3.89. The third-order valence-corrected chi connectivity index (χ3v) is 3.08. The molecule has 4 N–H and O–H groups in total. The van der Waals surface area contributed by atoms with Crippen molar-refractivity contribution in [2.75, 3.05) is 12.8 Å². The molecular weight excluding hydrogens is 271 g/mol. The standard InChI is InChI=1S/C14H17BN2O4/c1-9(11-5-3-4-6-12(11)20-2)21-13-7-10(15(18)19)8-17-14(13)16/h3-9,18-19H,1-2H3,(H2,16,17). The van der Waals surface area contributed by atoms with Gasteiger partial charge >= 0.3 is 7.12 Å². The lowest BCUT2D eigenvalue weighted by Crippen LogP contribution is -2.30. The minimum absolute atomic E-state index is 0.182. The van der Waals surface area contributed by atoms with E-state index in [4.69, 9.17) is 15.2 Å². The molecule has 0 saturated carbocycles. The van der Waals surface area contributed by atoms with Gasteiger partial charge in [0.05, 0.1) is 7.11 Å². The predicted octanol–water partition coefficient (Wildman–Crippen LogP) is 0.492. The van der Waals surface area contributed by atoms with Crippen molar-refractivity contribution in [3.8, 4) is 11.5 Å². The Morgan fingerprint density at radius 3 is 2.62 bits per heavy atom. The maximum absolute atomic E-state index is 9.17. The number of nitrogens with zero attached hydrogens (tertiary/aromatic N) is 1. The Morgan fingerprint density at radius 2 is 1.95 bits per heavy atom. The molecular formula is C14H17BN2O4. The minimum atomic E-state index is -1.62. The highest BCUT2D eigenvalue weighted by atomic mass is 16.5. The van der Waals surface area contributed by atoms with Gasteiger partial charge in [0.1, 0.15) is 11.9 Å². The molecule has 2 aromatic rings. The second-order valence-electron chi connectivity index (χ2n) is 4.53. The number of para-hydroxylation sites is 1. The van der Waals surface area contributed by atoms with Crippen molar-refractivity contribution in [1.82, 2.24) is 4.98 Å². The number of pyridine rings is 1. The molecule has 0 radical (unpaired) electrons.